The Morgan fingerprint density at radius 1 is 1.40 bits per heavy atom. The summed E-state index contributed by atoms with van der Waals surface area (Å²) in [6.45, 7) is 4.84. The van der Waals surface area contributed by atoms with E-state index in [1.807, 2.05) is 0 Å². The van der Waals surface area contributed by atoms with Crippen LogP contribution in [-0.2, 0) is 16.6 Å². The van der Waals surface area contributed by atoms with Crippen molar-refractivity contribution in [3.63, 3.8) is 0 Å². The molecular weight excluding hydrogens is 188 g/mol. The molecule has 0 saturated heterocycles. The number of Topliss-reactive ketones (excluding diaryl/α,β-unsaturated/α-hetero) is 1. The van der Waals surface area contributed by atoms with Crippen LogP contribution in [-0.4, -0.2) is 12.4 Å². The highest BCUT2D eigenvalue weighted by Crippen LogP contribution is 2.46. The molecule has 0 fully saturated rings. The van der Waals surface area contributed by atoms with E-state index in [1.54, 1.807) is 0 Å². The van der Waals surface area contributed by atoms with Crippen molar-refractivity contribution >= 4 is 5.78 Å². The van der Waals surface area contributed by atoms with Crippen molar-refractivity contribution in [3.05, 3.63) is 28.8 Å². The molecule has 0 saturated carbocycles. The third-order valence-corrected chi connectivity index (χ3v) is 3.45. The number of carbonyl (C=O) groups is 1. The lowest BCUT2D eigenvalue weighted by Gasteiger charge is -2.28. The largest absolute Gasteiger partial charge is 0.492 e. The van der Waals surface area contributed by atoms with Crippen LogP contribution >= 0.6 is 0 Å². The monoisotopic (exact) mass is 202 g/mol. The van der Waals surface area contributed by atoms with Crippen LogP contribution in [0.5, 0.6) is 5.75 Å². The zero-order chi connectivity index (χ0) is 10.6. The van der Waals surface area contributed by atoms with Crippen molar-refractivity contribution in [1.29, 1.82) is 0 Å². The molecule has 0 aromatic heterocycles. The van der Waals surface area contributed by atoms with Gasteiger partial charge in [0.15, 0.2) is 0 Å². The summed E-state index contributed by atoms with van der Waals surface area (Å²) < 4.78 is 5.70. The van der Waals surface area contributed by atoms with E-state index in [0.717, 1.165) is 5.75 Å². The zero-order valence-corrected chi connectivity index (χ0v) is 9.09. The topological polar surface area (TPSA) is 26.3 Å². The van der Waals surface area contributed by atoms with E-state index in [4.69, 9.17) is 4.74 Å². The van der Waals surface area contributed by atoms with E-state index in [9.17, 15) is 4.79 Å². The molecule has 1 aliphatic heterocycles. The van der Waals surface area contributed by atoms with Crippen molar-refractivity contribution in [2.75, 3.05) is 6.61 Å². The van der Waals surface area contributed by atoms with E-state index in [1.165, 1.54) is 16.7 Å². The predicted molar refractivity (Wildman–Crippen MR) is 57.4 cm³/mol. The van der Waals surface area contributed by atoms with Gasteiger partial charge in [-0.3, -0.25) is 4.79 Å². The predicted octanol–water partition coefficient (Wildman–Crippen LogP) is 2.16. The summed E-state index contributed by atoms with van der Waals surface area (Å²) in [5.41, 5.74) is 3.59. The Morgan fingerprint density at radius 3 is 3.00 bits per heavy atom. The Labute approximate surface area is 89.2 Å². The van der Waals surface area contributed by atoms with E-state index in [-0.39, 0.29) is 5.41 Å². The van der Waals surface area contributed by atoms with E-state index >= 15 is 0 Å². The number of aryl methyl sites for hydroxylation is 1. The van der Waals surface area contributed by atoms with Crippen LogP contribution in [0.1, 0.15) is 30.0 Å². The summed E-state index contributed by atoms with van der Waals surface area (Å²) in [5, 5.41) is 0. The molecule has 15 heavy (non-hydrogen) atoms. The number of hydrogen-bond acceptors (Lipinski definition) is 2. The first-order valence-electron chi connectivity index (χ1n) is 5.37. The van der Waals surface area contributed by atoms with Gasteiger partial charge >= 0.3 is 0 Å². The molecule has 0 N–H and O–H groups in total. The molecule has 2 nitrogen and oxygen atoms in total. The minimum absolute atomic E-state index is 0.0618. The number of ketones is 1. The molecule has 78 valence electrons. The minimum Gasteiger partial charge on any atom is -0.492 e. The molecule has 1 aromatic rings. The van der Waals surface area contributed by atoms with Crippen LogP contribution in [0.15, 0.2) is 12.1 Å². The number of benzene rings is 1. The fraction of sp³-hybridized carbons (Fsp3) is 0.462. The quantitative estimate of drug-likeness (QED) is 0.644. The first-order valence-corrected chi connectivity index (χ1v) is 5.37. The molecule has 0 spiro atoms. The van der Waals surface area contributed by atoms with Crippen molar-refractivity contribution < 1.29 is 9.53 Å². The van der Waals surface area contributed by atoms with Gasteiger partial charge in [0.05, 0.1) is 6.61 Å². The maximum absolute atomic E-state index is 11.7. The maximum atomic E-state index is 11.7. The average Bonchev–Trinajstić information content (AvgIpc) is 2.42. The molecule has 2 heteroatoms. The second-order valence-corrected chi connectivity index (χ2v) is 5.04. The molecule has 0 bridgehead atoms. The molecule has 1 heterocycles. The third kappa shape index (κ3) is 1.14. The van der Waals surface area contributed by atoms with Crippen LogP contribution in [0.2, 0.25) is 0 Å². The van der Waals surface area contributed by atoms with Crippen molar-refractivity contribution in [2.24, 2.45) is 0 Å². The lowest BCUT2D eigenvalue weighted by Crippen LogP contribution is -2.33. The lowest BCUT2D eigenvalue weighted by molar-refractivity contribution is -0.120. The molecule has 0 unspecified atom stereocenters. The second kappa shape index (κ2) is 2.63. The standard InChI is InChI=1S/C13H14O2/c1-8-3-9-5-10(14)6-13(2)7-15-11(4-8)12(9)13/h3-4H,5-7H2,1-2H3/t13-/m0/s1. The van der Waals surface area contributed by atoms with E-state index < -0.39 is 0 Å². The molecule has 1 aliphatic carbocycles. The van der Waals surface area contributed by atoms with Crippen molar-refractivity contribution in [2.45, 2.75) is 32.1 Å². The molecule has 1 atom stereocenters. The summed E-state index contributed by atoms with van der Waals surface area (Å²) in [6.07, 6.45) is 1.22. The Morgan fingerprint density at radius 2 is 2.20 bits per heavy atom. The SMILES string of the molecule is Cc1cc2c3c(c1)OC[C@]3(C)CC(=O)C2. The van der Waals surface area contributed by atoms with Gasteiger partial charge in [0.2, 0.25) is 0 Å². The lowest BCUT2D eigenvalue weighted by atomic mass is 9.72. The van der Waals surface area contributed by atoms with Gasteiger partial charge < -0.3 is 4.74 Å². The van der Waals surface area contributed by atoms with Crippen LogP contribution in [0.3, 0.4) is 0 Å². The van der Waals surface area contributed by atoms with Crippen LogP contribution in [0.25, 0.3) is 0 Å². The van der Waals surface area contributed by atoms with Gasteiger partial charge in [-0.1, -0.05) is 13.0 Å². The second-order valence-electron chi connectivity index (χ2n) is 5.04. The highest BCUT2D eigenvalue weighted by atomic mass is 16.5. The highest BCUT2D eigenvalue weighted by Gasteiger charge is 2.43. The summed E-state index contributed by atoms with van der Waals surface area (Å²) in [7, 11) is 0. The van der Waals surface area contributed by atoms with Crippen molar-refractivity contribution in [3.8, 4) is 5.75 Å². The van der Waals surface area contributed by atoms with Gasteiger partial charge in [0.25, 0.3) is 0 Å². The first kappa shape index (κ1) is 8.96. The van der Waals surface area contributed by atoms with Crippen LogP contribution in [0, 0.1) is 6.92 Å². The number of hydrogen-bond donors (Lipinski definition) is 0. The van der Waals surface area contributed by atoms with Gasteiger partial charge in [-0.05, 0) is 24.1 Å². The number of carbonyl (C=O) groups excluding carboxylic acids is 1. The number of rotatable bonds is 0. The summed E-state index contributed by atoms with van der Waals surface area (Å²) in [6, 6.07) is 4.21. The van der Waals surface area contributed by atoms with E-state index in [0.29, 0.717) is 25.2 Å². The molecule has 0 radical (unpaired) electrons. The van der Waals surface area contributed by atoms with Gasteiger partial charge in [-0.25, -0.2) is 0 Å². The summed E-state index contributed by atoms with van der Waals surface area (Å²) >= 11 is 0. The van der Waals surface area contributed by atoms with Gasteiger partial charge in [0.1, 0.15) is 11.5 Å². The van der Waals surface area contributed by atoms with Crippen LogP contribution in [0.4, 0.5) is 0 Å². The third-order valence-electron chi connectivity index (χ3n) is 3.45. The Kier molecular flexibility index (Phi) is 1.57. The normalized spacial score (nSPS) is 27.5. The Hall–Kier alpha value is -1.31. The van der Waals surface area contributed by atoms with Gasteiger partial charge in [-0.15, -0.1) is 0 Å². The minimum atomic E-state index is -0.0618. The maximum Gasteiger partial charge on any atom is 0.138 e. The smallest absolute Gasteiger partial charge is 0.138 e. The number of ether oxygens (including phenoxy) is 1. The molecular formula is C13H14O2. The van der Waals surface area contributed by atoms with Crippen molar-refractivity contribution in [1.82, 2.24) is 0 Å². The fourth-order valence-corrected chi connectivity index (χ4v) is 2.92. The zero-order valence-electron chi connectivity index (χ0n) is 9.09. The fourth-order valence-electron chi connectivity index (χ4n) is 2.92. The summed E-state index contributed by atoms with van der Waals surface area (Å²) in [5.74, 6) is 1.34. The molecule has 2 aliphatic rings. The van der Waals surface area contributed by atoms with Gasteiger partial charge in [0, 0.05) is 23.8 Å². The van der Waals surface area contributed by atoms with Gasteiger partial charge in [-0.2, -0.15) is 0 Å². The Bertz CT molecular complexity index is 462. The van der Waals surface area contributed by atoms with Crippen LogP contribution < -0.4 is 4.74 Å². The van der Waals surface area contributed by atoms with E-state index in [2.05, 4.69) is 26.0 Å². The Balaban J connectivity index is 2.28. The highest BCUT2D eigenvalue weighted by molar-refractivity contribution is 5.86. The first-order chi connectivity index (χ1) is 7.08. The molecule has 0 amide bonds. The molecule has 3 rings (SSSR count). The summed E-state index contributed by atoms with van der Waals surface area (Å²) in [4.78, 5) is 11.7. The molecule has 1 aromatic carbocycles. The average molecular weight is 202 g/mol.